The van der Waals surface area contributed by atoms with E-state index in [1.807, 2.05) is 30.3 Å². The van der Waals surface area contributed by atoms with Crippen molar-refractivity contribution in [1.82, 2.24) is 5.32 Å². The van der Waals surface area contributed by atoms with Crippen molar-refractivity contribution in [3.05, 3.63) is 41.6 Å². The SMILES string of the molecule is CCOC(=O)C(C#N)=CNC1COc2ccccc21. The number of carbonyl (C=O) groups is 1. The lowest BCUT2D eigenvalue weighted by Gasteiger charge is -2.09. The molecular formula is C14H14N2O3. The average molecular weight is 258 g/mol. The molecule has 1 aromatic rings. The molecule has 1 aliphatic heterocycles. The van der Waals surface area contributed by atoms with E-state index in [0.717, 1.165) is 11.3 Å². The second-order valence-corrected chi connectivity index (χ2v) is 3.96. The maximum Gasteiger partial charge on any atom is 0.350 e. The molecule has 0 bridgehead atoms. The maximum absolute atomic E-state index is 11.4. The second-order valence-electron chi connectivity index (χ2n) is 3.96. The van der Waals surface area contributed by atoms with Crippen LogP contribution in [0.4, 0.5) is 0 Å². The molecule has 0 saturated heterocycles. The average Bonchev–Trinajstić information content (AvgIpc) is 2.83. The number of nitriles is 1. The van der Waals surface area contributed by atoms with Crippen LogP contribution in [0.5, 0.6) is 5.75 Å². The lowest BCUT2D eigenvalue weighted by Crippen LogP contribution is -2.19. The van der Waals surface area contributed by atoms with Crippen LogP contribution in [0.2, 0.25) is 0 Å². The van der Waals surface area contributed by atoms with Gasteiger partial charge in [-0.2, -0.15) is 5.26 Å². The van der Waals surface area contributed by atoms with Crippen molar-refractivity contribution in [2.45, 2.75) is 13.0 Å². The van der Waals surface area contributed by atoms with Gasteiger partial charge in [0.25, 0.3) is 0 Å². The Kier molecular flexibility index (Phi) is 4.04. The molecule has 1 aromatic carbocycles. The van der Waals surface area contributed by atoms with Gasteiger partial charge in [-0.1, -0.05) is 18.2 Å². The highest BCUT2D eigenvalue weighted by molar-refractivity contribution is 5.92. The van der Waals surface area contributed by atoms with Crippen LogP contribution in [-0.4, -0.2) is 19.2 Å². The maximum atomic E-state index is 11.4. The lowest BCUT2D eigenvalue weighted by atomic mass is 10.1. The molecule has 0 amide bonds. The fraction of sp³-hybridized carbons (Fsp3) is 0.286. The van der Waals surface area contributed by atoms with E-state index in [4.69, 9.17) is 14.7 Å². The summed E-state index contributed by atoms with van der Waals surface area (Å²) in [5.41, 5.74) is 0.964. The van der Waals surface area contributed by atoms with Crippen molar-refractivity contribution in [2.75, 3.05) is 13.2 Å². The van der Waals surface area contributed by atoms with Gasteiger partial charge < -0.3 is 14.8 Å². The second kappa shape index (κ2) is 5.91. The minimum Gasteiger partial charge on any atom is -0.491 e. The molecule has 1 atom stereocenters. The highest BCUT2D eigenvalue weighted by atomic mass is 16.5. The smallest absolute Gasteiger partial charge is 0.350 e. The lowest BCUT2D eigenvalue weighted by molar-refractivity contribution is -0.138. The molecule has 1 aliphatic rings. The normalized spacial score (nSPS) is 17.1. The summed E-state index contributed by atoms with van der Waals surface area (Å²) in [6.45, 7) is 2.41. The number of nitrogens with zero attached hydrogens (tertiary/aromatic N) is 1. The Morgan fingerprint density at radius 2 is 2.42 bits per heavy atom. The van der Waals surface area contributed by atoms with Crippen LogP contribution in [0.15, 0.2) is 36.0 Å². The highest BCUT2D eigenvalue weighted by Gasteiger charge is 2.22. The van der Waals surface area contributed by atoms with Crippen LogP contribution in [0.1, 0.15) is 18.5 Å². The van der Waals surface area contributed by atoms with Crippen molar-refractivity contribution >= 4 is 5.97 Å². The van der Waals surface area contributed by atoms with Crippen molar-refractivity contribution < 1.29 is 14.3 Å². The zero-order valence-corrected chi connectivity index (χ0v) is 10.6. The molecule has 0 aromatic heterocycles. The molecule has 5 nitrogen and oxygen atoms in total. The third-order valence-electron chi connectivity index (χ3n) is 2.74. The van der Waals surface area contributed by atoms with Crippen LogP contribution < -0.4 is 10.1 Å². The van der Waals surface area contributed by atoms with Crippen molar-refractivity contribution in [3.8, 4) is 11.8 Å². The Morgan fingerprint density at radius 1 is 1.63 bits per heavy atom. The molecule has 1 heterocycles. The van der Waals surface area contributed by atoms with Gasteiger partial charge in [0, 0.05) is 11.8 Å². The van der Waals surface area contributed by atoms with E-state index in [1.165, 1.54) is 6.20 Å². The van der Waals surface area contributed by atoms with Gasteiger partial charge in [0.05, 0.1) is 12.6 Å². The van der Waals surface area contributed by atoms with Crippen LogP contribution in [0, 0.1) is 11.3 Å². The summed E-state index contributed by atoms with van der Waals surface area (Å²) in [5.74, 6) is 0.202. The largest absolute Gasteiger partial charge is 0.491 e. The molecule has 1 N–H and O–H groups in total. The first-order valence-corrected chi connectivity index (χ1v) is 6.01. The Labute approximate surface area is 111 Å². The van der Waals surface area contributed by atoms with Crippen LogP contribution in [-0.2, 0) is 9.53 Å². The molecular weight excluding hydrogens is 244 g/mol. The van der Waals surface area contributed by atoms with Gasteiger partial charge in [-0.05, 0) is 13.0 Å². The van der Waals surface area contributed by atoms with Gasteiger partial charge >= 0.3 is 5.97 Å². The third-order valence-corrected chi connectivity index (χ3v) is 2.74. The van der Waals surface area contributed by atoms with E-state index in [0.29, 0.717) is 6.61 Å². The zero-order chi connectivity index (χ0) is 13.7. The predicted molar refractivity (Wildman–Crippen MR) is 68.1 cm³/mol. The fourth-order valence-corrected chi connectivity index (χ4v) is 1.83. The summed E-state index contributed by atoms with van der Waals surface area (Å²) < 4.78 is 10.3. The Balaban J connectivity index is 2.07. The molecule has 98 valence electrons. The number of rotatable bonds is 4. The number of fused-ring (bicyclic) bond motifs is 1. The van der Waals surface area contributed by atoms with Gasteiger partial charge in [-0.25, -0.2) is 4.79 Å². The standard InChI is InChI=1S/C14H14N2O3/c1-2-18-14(17)10(7-15)8-16-12-9-19-13-6-4-3-5-11(12)13/h3-6,8,12,16H,2,9H2,1H3. The van der Waals surface area contributed by atoms with Crippen molar-refractivity contribution in [2.24, 2.45) is 0 Å². The van der Waals surface area contributed by atoms with Gasteiger partial charge in [-0.15, -0.1) is 0 Å². The van der Waals surface area contributed by atoms with Gasteiger partial charge in [0.2, 0.25) is 0 Å². The Hall–Kier alpha value is -2.48. The summed E-state index contributed by atoms with van der Waals surface area (Å²) in [6, 6.07) is 9.41. The molecule has 0 saturated carbocycles. The quantitative estimate of drug-likeness (QED) is 0.505. The predicted octanol–water partition coefficient (Wildman–Crippen LogP) is 1.68. The fourth-order valence-electron chi connectivity index (χ4n) is 1.83. The van der Waals surface area contributed by atoms with E-state index in [2.05, 4.69) is 5.32 Å². The van der Waals surface area contributed by atoms with Crippen molar-refractivity contribution in [1.29, 1.82) is 5.26 Å². The summed E-state index contributed by atoms with van der Waals surface area (Å²) >= 11 is 0. The topological polar surface area (TPSA) is 71.4 Å². The Bertz CT molecular complexity index is 546. The number of ether oxygens (including phenoxy) is 2. The van der Waals surface area contributed by atoms with Crippen LogP contribution in [0.3, 0.4) is 0 Å². The number of hydrogen-bond donors (Lipinski definition) is 1. The van der Waals surface area contributed by atoms with E-state index < -0.39 is 5.97 Å². The van der Waals surface area contributed by atoms with Gasteiger partial charge in [0.15, 0.2) is 5.57 Å². The van der Waals surface area contributed by atoms with Gasteiger partial charge in [-0.3, -0.25) is 0 Å². The number of hydrogen-bond acceptors (Lipinski definition) is 5. The van der Waals surface area contributed by atoms with E-state index in [-0.39, 0.29) is 18.2 Å². The first kappa shape index (κ1) is 13.0. The monoisotopic (exact) mass is 258 g/mol. The first-order chi connectivity index (χ1) is 9.26. The molecule has 5 heteroatoms. The number of esters is 1. The molecule has 1 unspecified atom stereocenters. The molecule has 0 radical (unpaired) electrons. The first-order valence-electron chi connectivity index (χ1n) is 6.01. The number of benzene rings is 1. The molecule has 19 heavy (non-hydrogen) atoms. The molecule has 0 aliphatic carbocycles. The summed E-state index contributed by atoms with van der Waals surface area (Å²) in [7, 11) is 0. The molecule has 0 spiro atoms. The summed E-state index contributed by atoms with van der Waals surface area (Å²) in [4.78, 5) is 11.4. The third kappa shape index (κ3) is 2.86. The number of carbonyl (C=O) groups excluding carboxylic acids is 1. The summed E-state index contributed by atoms with van der Waals surface area (Å²) in [5, 5.41) is 11.9. The Morgan fingerprint density at radius 3 is 3.16 bits per heavy atom. The van der Waals surface area contributed by atoms with Crippen molar-refractivity contribution in [3.63, 3.8) is 0 Å². The van der Waals surface area contributed by atoms with E-state index in [9.17, 15) is 4.79 Å². The molecule has 0 fully saturated rings. The minimum atomic E-state index is -0.621. The minimum absolute atomic E-state index is 0.0498. The zero-order valence-electron chi connectivity index (χ0n) is 10.6. The van der Waals surface area contributed by atoms with E-state index >= 15 is 0 Å². The highest BCUT2D eigenvalue weighted by Crippen LogP contribution is 2.31. The molecule has 2 rings (SSSR count). The van der Waals surface area contributed by atoms with Crippen LogP contribution >= 0.6 is 0 Å². The van der Waals surface area contributed by atoms with Gasteiger partial charge in [0.1, 0.15) is 18.4 Å². The number of nitrogens with one attached hydrogen (secondary N) is 1. The van der Waals surface area contributed by atoms with Crippen LogP contribution in [0.25, 0.3) is 0 Å². The van der Waals surface area contributed by atoms with E-state index in [1.54, 1.807) is 6.92 Å². The number of para-hydroxylation sites is 1. The summed E-state index contributed by atoms with van der Waals surface area (Å²) in [6.07, 6.45) is 1.38.